The highest BCUT2D eigenvalue weighted by Crippen LogP contribution is 2.32. The van der Waals surface area contributed by atoms with E-state index in [0.717, 1.165) is 17.7 Å². The van der Waals surface area contributed by atoms with Crippen LogP contribution in [0.25, 0.3) is 0 Å². The van der Waals surface area contributed by atoms with Crippen LogP contribution in [0.4, 0.5) is 13.2 Å². The molecular weight excluding hydrogens is 373 g/mol. The molecule has 3 nitrogen and oxygen atoms in total. The number of imidazole rings is 1. The Balaban J connectivity index is 1.83. The molecule has 0 aliphatic carbocycles. The van der Waals surface area contributed by atoms with Crippen molar-refractivity contribution >= 4 is 11.8 Å². The Hall–Kier alpha value is -2.25. The van der Waals surface area contributed by atoms with Gasteiger partial charge in [-0.05, 0) is 24.1 Å². The molecule has 0 saturated carbocycles. The van der Waals surface area contributed by atoms with Gasteiger partial charge in [-0.15, -0.1) is 0 Å². The Kier molecular flexibility index (Phi) is 5.92. The summed E-state index contributed by atoms with van der Waals surface area (Å²) >= 11 is 1.35. The molecular formula is C20H19F3N2OS. The molecule has 0 aliphatic rings. The minimum atomic E-state index is -4.36. The van der Waals surface area contributed by atoms with E-state index in [9.17, 15) is 18.3 Å². The van der Waals surface area contributed by atoms with Crippen LogP contribution in [-0.4, -0.2) is 14.7 Å². The molecule has 2 aromatic carbocycles. The number of aromatic nitrogens is 2. The Labute approximate surface area is 159 Å². The van der Waals surface area contributed by atoms with E-state index in [0.29, 0.717) is 22.2 Å². The van der Waals surface area contributed by atoms with Crippen molar-refractivity contribution in [3.63, 3.8) is 0 Å². The second-order valence-electron chi connectivity index (χ2n) is 6.13. The fourth-order valence-electron chi connectivity index (χ4n) is 2.88. The highest BCUT2D eigenvalue weighted by Gasteiger charge is 2.30. The zero-order valence-corrected chi connectivity index (χ0v) is 15.5. The van der Waals surface area contributed by atoms with Gasteiger partial charge in [-0.2, -0.15) is 13.2 Å². The van der Waals surface area contributed by atoms with Crippen LogP contribution in [0.5, 0.6) is 0 Å². The molecule has 27 heavy (non-hydrogen) atoms. The molecule has 0 spiro atoms. The largest absolute Gasteiger partial charge is 0.416 e. The van der Waals surface area contributed by atoms with Crippen LogP contribution in [-0.2, 0) is 18.5 Å². The summed E-state index contributed by atoms with van der Waals surface area (Å²) < 4.78 is 40.6. The lowest BCUT2D eigenvalue weighted by Crippen LogP contribution is -2.11. The highest BCUT2D eigenvalue weighted by molar-refractivity contribution is 7.98. The summed E-state index contributed by atoms with van der Waals surface area (Å²) in [4.78, 5) is 4.36. The lowest BCUT2D eigenvalue weighted by atomic mass is 10.1. The van der Waals surface area contributed by atoms with Crippen molar-refractivity contribution in [2.75, 3.05) is 0 Å². The first-order valence-corrected chi connectivity index (χ1v) is 9.39. The number of nitrogens with zero attached hydrogens (tertiary/aromatic N) is 2. The molecule has 0 bridgehead atoms. The van der Waals surface area contributed by atoms with E-state index in [2.05, 4.69) is 4.98 Å². The van der Waals surface area contributed by atoms with Crippen LogP contribution >= 0.6 is 11.8 Å². The average molecular weight is 392 g/mol. The van der Waals surface area contributed by atoms with Crippen molar-refractivity contribution in [1.82, 2.24) is 9.55 Å². The van der Waals surface area contributed by atoms with E-state index < -0.39 is 11.7 Å². The lowest BCUT2D eigenvalue weighted by Gasteiger charge is -2.19. The SMILES string of the molecule is C[C@@H](c1ccccc1)n1c(CO)cnc1SCc1cccc(C(F)(F)F)c1. The summed E-state index contributed by atoms with van der Waals surface area (Å²) in [7, 11) is 0. The normalized spacial score (nSPS) is 12.9. The smallest absolute Gasteiger partial charge is 0.390 e. The molecule has 1 N–H and O–H groups in total. The first kappa shape index (κ1) is 19.5. The van der Waals surface area contributed by atoms with Gasteiger partial charge in [0.2, 0.25) is 0 Å². The molecule has 1 heterocycles. The minimum Gasteiger partial charge on any atom is -0.390 e. The molecule has 0 radical (unpaired) electrons. The quantitative estimate of drug-likeness (QED) is 0.579. The van der Waals surface area contributed by atoms with Gasteiger partial charge >= 0.3 is 6.18 Å². The molecule has 3 rings (SSSR count). The van der Waals surface area contributed by atoms with Crippen LogP contribution in [0, 0.1) is 0 Å². The van der Waals surface area contributed by atoms with E-state index >= 15 is 0 Å². The predicted molar refractivity (Wildman–Crippen MR) is 99.4 cm³/mol. The Morgan fingerprint density at radius 2 is 1.85 bits per heavy atom. The molecule has 1 aromatic heterocycles. The van der Waals surface area contributed by atoms with E-state index in [1.165, 1.54) is 17.8 Å². The van der Waals surface area contributed by atoms with Gasteiger partial charge in [-0.3, -0.25) is 0 Å². The van der Waals surface area contributed by atoms with Crippen molar-refractivity contribution < 1.29 is 18.3 Å². The Bertz CT molecular complexity index is 894. The van der Waals surface area contributed by atoms with Crippen molar-refractivity contribution in [3.05, 3.63) is 83.2 Å². The molecule has 0 aliphatic heterocycles. The molecule has 1 atom stereocenters. The van der Waals surface area contributed by atoms with Gasteiger partial charge in [-0.1, -0.05) is 60.3 Å². The maximum atomic E-state index is 12.9. The Morgan fingerprint density at radius 1 is 1.11 bits per heavy atom. The van der Waals surface area contributed by atoms with E-state index in [1.807, 2.05) is 41.8 Å². The summed E-state index contributed by atoms with van der Waals surface area (Å²) in [6.07, 6.45) is -2.75. The maximum absolute atomic E-state index is 12.9. The predicted octanol–water partition coefficient (Wildman–Crippen LogP) is 5.30. The van der Waals surface area contributed by atoms with Crippen molar-refractivity contribution in [3.8, 4) is 0 Å². The lowest BCUT2D eigenvalue weighted by molar-refractivity contribution is -0.137. The standard InChI is InChI=1S/C20H19F3N2OS/c1-14(16-7-3-2-4-8-16)25-18(12-26)11-24-19(25)27-13-15-6-5-9-17(10-15)20(21,22)23/h2-11,14,26H,12-13H2,1H3/t14-/m0/s1. The van der Waals surface area contributed by atoms with E-state index in [-0.39, 0.29) is 12.6 Å². The van der Waals surface area contributed by atoms with Gasteiger partial charge in [0.25, 0.3) is 0 Å². The number of alkyl halides is 3. The van der Waals surface area contributed by atoms with E-state index in [1.54, 1.807) is 12.3 Å². The fourth-order valence-corrected chi connectivity index (χ4v) is 3.90. The minimum absolute atomic E-state index is 0.0557. The number of rotatable bonds is 6. The summed E-state index contributed by atoms with van der Waals surface area (Å²) in [5.41, 5.74) is 1.64. The van der Waals surface area contributed by atoms with Crippen molar-refractivity contribution in [1.29, 1.82) is 0 Å². The first-order valence-electron chi connectivity index (χ1n) is 8.41. The number of benzene rings is 2. The molecule has 7 heteroatoms. The number of aliphatic hydroxyl groups is 1. The van der Waals surface area contributed by atoms with Crippen molar-refractivity contribution in [2.45, 2.75) is 36.7 Å². The second kappa shape index (κ2) is 8.19. The first-order chi connectivity index (χ1) is 12.9. The van der Waals surface area contributed by atoms with Crippen molar-refractivity contribution in [2.24, 2.45) is 0 Å². The molecule has 142 valence electrons. The molecule has 0 saturated heterocycles. The third-order valence-corrected chi connectivity index (χ3v) is 5.33. The summed E-state index contributed by atoms with van der Waals surface area (Å²) in [6.45, 7) is 1.85. The molecule has 3 aromatic rings. The highest BCUT2D eigenvalue weighted by atomic mass is 32.2. The van der Waals surface area contributed by atoms with Gasteiger partial charge < -0.3 is 9.67 Å². The van der Waals surface area contributed by atoms with Crippen LogP contribution in [0.2, 0.25) is 0 Å². The fraction of sp³-hybridized carbons (Fsp3) is 0.250. The average Bonchev–Trinajstić information content (AvgIpc) is 3.09. The van der Waals surface area contributed by atoms with Crippen LogP contribution < -0.4 is 0 Å². The number of hydrogen-bond donors (Lipinski definition) is 1. The zero-order chi connectivity index (χ0) is 19.4. The zero-order valence-electron chi connectivity index (χ0n) is 14.6. The third kappa shape index (κ3) is 4.54. The van der Waals surface area contributed by atoms with Crippen LogP contribution in [0.1, 0.15) is 35.3 Å². The number of thioether (sulfide) groups is 1. The third-order valence-electron chi connectivity index (χ3n) is 4.29. The number of aliphatic hydroxyl groups excluding tert-OH is 1. The van der Waals surface area contributed by atoms with Gasteiger partial charge in [0.05, 0.1) is 30.1 Å². The van der Waals surface area contributed by atoms with Gasteiger partial charge in [-0.25, -0.2) is 4.98 Å². The van der Waals surface area contributed by atoms with Crippen LogP contribution in [0.3, 0.4) is 0 Å². The van der Waals surface area contributed by atoms with E-state index in [4.69, 9.17) is 0 Å². The number of hydrogen-bond acceptors (Lipinski definition) is 3. The monoisotopic (exact) mass is 392 g/mol. The summed E-state index contributed by atoms with van der Waals surface area (Å²) in [5.74, 6) is 0.354. The second-order valence-corrected chi connectivity index (χ2v) is 7.08. The van der Waals surface area contributed by atoms with Gasteiger partial charge in [0.15, 0.2) is 5.16 Å². The Morgan fingerprint density at radius 3 is 2.52 bits per heavy atom. The molecule has 0 fully saturated rings. The van der Waals surface area contributed by atoms with Gasteiger partial charge in [0.1, 0.15) is 0 Å². The molecule has 0 unspecified atom stereocenters. The summed E-state index contributed by atoms with van der Waals surface area (Å²) in [6, 6.07) is 15.1. The topological polar surface area (TPSA) is 38.0 Å². The summed E-state index contributed by atoms with van der Waals surface area (Å²) in [5, 5.41) is 10.3. The maximum Gasteiger partial charge on any atom is 0.416 e. The van der Waals surface area contributed by atoms with Gasteiger partial charge in [0, 0.05) is 5.75 Å². The number of halogens is 3. The van der Waals surface area contributed by atoms with Crippen LogP contribution in [0.15, 0.2) is 66.0 Å². The molecule has 0 amide bonds.